The smallest absolute Gasteiger partial charge is 0.119 e. The Hall–Kier alpha value is -1.67. The van der Waals surface area contributed by atoms with Crippen molar-refractivity contribution < 1.29 is 4.74 Å². The number of nitrogens with two attached hydrogens (primary N) is 1. The Morgan fingerprint density at radius 3 is 2.45 bits per heavy atom. The minimum atomic E-state index is 0.690. The molecular weight excluding hydrogens is 270 g/mol. The topological polar surface area (TPSA) is 35.2 Å². The molecule has 0 aromatic heterocycles. The third-order valence-electron chi connectivity index (χ3n) is 3.24. The number of benzene rings is 2. The molecular formula is C17H20ClNO. The number of aryl methyl sites for hydroxylation is 3. The molecule has 2 aromatic rings. The Labute approximate surface area is 125 Å². The molecule has 0 aliphatic heterocycles. The lowest BCUT2D eigenvalue weighted by Crippen LogP contribution is -2.00. The van der Waals surface area contributed by atoms with Crippen LogP contribution < -0.4 is 10.5 Å². The highest BCUT2D eigenvalue weighted by Gasteiger charge is 2.03. The van der Waals surface area contributed by atoms with E-state index in [1.54, 1.807) is 0 Å². The largest absolute Gasteiger partial charge is 0.494 e. The van der Waals surface area contributed by atoms with E-state index in [2.05, 4.69) is 6.07 Å². The predicted molar refractivity (Wildman–Crippen MR) is 85.6 cm³/mol. The zero-order valence-corrected chi connectivity index (χ0v) is 12.7. The van der Waals surface area contributed by atoms with Gasteiger partial charge in [-0.15, -0.1) is 0 Å². The van der Waals surface area contributed by atoms with Crippen LogP contribution in [0.25, 0.3) is 0 Å². The summed E-state index contributed by atoms with van der Waals surface area (Å²) >= 11 is 6.14. The van der Waals surface area contributed by atoms with Crippen LogP contribution in [0, 0.1) is 13.8 Å². The second-order valence-electron chi connectivity index (χ2n) is 5.07. The van der Waals surface area contributed by atoms with Crippen molar-refractivity contribution in [2.24, 2.45) is 0 Å². The first-order valence-corrected chi connectivity index (χ1v) is 7.18. The fraction of sp³-hybridized carbons (Fsp3) is 0.294. The van der Waals surface area contributed by atoms with Crippen LogP contribution in [-0.2, 0) is 6.42 Å². The van der Waals surface area contributed by atoms with Gasteiger partial charge in [0.25, 0.3) is 0 Å². The van der Waals surface area contributed by atoms with Crippen LogP contribution in [0.15, 0.2) is 36.4 Å². The van der Waals surface area contributed by atoms with Crippen LogP contribution in [0.4, 0.5) is 5.69 Å². The van der Waals surface area contributed by atoms with Crippen molar-refractivity contribution in [3.63, 3.8) is 0 Å². The van der Waals surface area contributed by atoms with Crippen LogP contribution in [-0.4, -0.2) is 6.61 Å². The molecule has 0 unspecified atom stereocenters. The maximum Gasteiger partial charge on any atom is 0.119 e. The summed E-state index contributed by atoms with van der Waals surface area (Å²) in [5, 5.41) is 0.817. The number of rotatable bonds is 5. The average molecular weight is 290 g/mol. The monoisotopic (exact) mass is 289 g/mol. The molecule has 0 radical (unpaired) electrons. The van der Waals surface area contributed by atoms with Crippen molar-refractivity contribution in [3.8, 4) is 5.75 Å². The molecule has 20 heavy (non-hydrogen) atoms. The maximum atomic E-state index is 6.14. The molecule has 3 heteroatoms. The van der Waals surface area contributed by atoms with E-state index in [9.17, 15) is 0 Å². The molecule has 106 valence electrons. The highest BCUT2D eigenvalue weighted by atomic mass is 35.5. The van der Waals surface area contributed by atoms with Crippen molar-refractivity contribution in [1.29, 1.82) is 0 Å². The van der Waals surface area contributed by atoms with E-state index in [1.807, 2.05) is 44.2 Å². The first-order chi connectivity index (χ1) is 9.56. The average Bonchev–Trinajstić information content (AvgIpc) is 2.41. The molecule has 0 atom stereocenters. The normalized spacial score (nSPS) is 10.6. The van der Waals surface area contributed by atoms with E-state index >= 15 is 0 Å². The molecule has 2 aromatic carbocycles. The molecule has 2 N–H and O–H groups in total. The third kappa shape index (κ3) is 3.91. The first kappa shape index (κ1) is 14.7. The number of hydrogen-bond donors (Lipinski definition) is 1. The second kappa shape index (κ2) is 6.67. The molecule has 0 saturated carbocycles. The Morgan fingerprint density at radius 2 is 1.80 bits per heavy atom. The molecule has 0 amide bonds. The Kier molecular flexibility index (Phi) is 4.91. The Morgan fingerprint density at radius 1 is 1.10 bits per heavy atom. The van der Waals surface area contributed by atoms with Gasteiger partial charge in [0, 0.05) is 10.7 Å². The van der Waals surface area contributed by atoms with Crippen LogP contribution in [0.3, 0.4) is 0 Å². The summed E-state index contributed by atoms with van der Waals surface area (Å²) in [5.74, 6) is 0.886. The number of ether oxygens (including phenoxy) is 1. The number of anilines is 1. The van der Waals surface area contributed by atoms with Crippen LogP contribution in [0.2, 0.25) is 5.02 Å². The predicted octanol–water partition coefficient (Wildman–Crippen LogP) is 4.55. The highest BCUT2D eigenvalue weighted by Crippen LogP contribution is 2.25. The first-order valence-electron chi connectivity index (χ1n) is 6.80. The fourth-order valence-corrected chi connectivity index (χ4v) is 2.31. The van der Waals surface area contributed by atoms with Gasteiger partial charge in [-0.05, 0) is 67.6 Å². The molecule has 0 fully saturated rings. The molecule has 2 nitrogen and oxygen atoms in total. The minimum absolute atomic E-state index is 0.690. The van der Waals surface area contributed by atoms with Crippen LogP contribution in [0.5, 0.6) is 5.75 Å². The van der Waals surface area contributed by atoms with E-state index in [1.165, 1.54) is 5.56 Å². The van der Waals surface area contributed by atoms with Gasteiger partial charge in [-0.2, -0.15) is 0 Å². The number of hydrogen-bond acceptors (Lipinski definition) is 2. The summed E-state index contributed by atoms with van der Waals surface area (Å²) in [6.45, 7) is 4.68. The number of nitrogen functional groups attached to an aromatic ring is 1. The minimum Gasteiger partial charge on any atom is -0.494 e. The molecule has 2 rings (SSSR count). The second-order valence-corrected chi connectivity index (χ2v) is 5.45. The molecule has 0 saturated heterocycles. The van der Waals surface area contributed by atoms with Gasteiger partial charge in [0.05, 0.1) is 6.61 Å². The molecule has 0 aliphatic rings. The Bertz CT molecular complexity index is 572. The lowest BCUT2D eigenvalue weighted by atomic mass is 10.1. The molecule has 0 aliphatic carbocycles. The lowest BCUT2D eigenvalue weighted by Gasteiger charge is -2.10. The van der Waals surface area contributed by atoms with Crippen molar-refractivity contribution in [2.45, 2.75) is 26.7 Å². The van der Waals surface area contributed by atoms with E-state index < -0.39 is 0 Å². The van der Waals surface area contributed by atoms with E-state index in [0.717, 1.165) is 40.4 Å². The SMILES string of the molecule is Cc1cc(OCCCc2cccc(N)c2)cc(C)c1Cl. The molecule has 0 bridgehead atoms. The highest BCUT2D eigenvalue weighted by molar-refractivity contribution is 6.32. The molecule has 0 heterocycles. The summed E-state index contributed by atoms with van der Waals surface area (Å²) in [7, 11) is 0. The summed E-state index contributed by atoms with van der Waals surface area (Å²) in [6, 6.07) is 12.0. The van der Waals surface area contributed by atoms with E-state index in [4.69, 9.17) is 22.1 Å². The molecule has 0 spiro atoms. The van der Waals surface area contributed by atoms with Crippen molar-refractivity contribution >= 4 is 17.3 Å². The van der Waals surface area contributed by atoms with Gasteiger partial charge < -0.3 is 10.5 Å². The zero-order chi connectivity index (χ0) is 14.5. The van der Waals surface area contributed by atoms with Gasteiger partial charge in [-0.3, -0.25) is 0 Å². The van der Waals surface area contributed by atoms with Gasteiger partial charge in [0.2, 0.25) is 0 Å². The van der Waals surface area contributed by atoms with Gasteiger partial charge >= 0.3 is 0 Å². The van der Waals surface area contributed by atoms with Gasteiger partial charge in [-0.25, -0.2) is 0 Å². The van der Waals surface area contributed by atoms with Gasteiger partial charge in [0.15, 0.2) is 0 Å². The summed E-state index contributed by atoms with van der Waals surface area (Å²) in [5.41, 5.74) is 9.92. The summed E-state index contributed by atoms with van der Waals surface area (Å²) in [6.07, 6.45) is 1.93. The summed E-state index contributed by atoms with van der Waals surface area (Å²) in [4.78, 5) is 0. The number of halogens is 1. The van der Waals surface area contributed by atoms with Crippen molar-refractivity contribution in [1.82, 2.24) is 0 Å². The van der Waals surface area contributed by atoms with E-state index in [-0.39, 0.29) is 0 Å². The van der Waals surface area contributed by atoms with E-state index in [0.29, 0.717) is 6.61 Å². The van der Waals surface area contributed by atoms with Gasteiger partial charge in [0.1, 0.15) is 5.75 Å². The fourth-order valence-electron chi connectivity index (χ4n) is 2.20. The zero-order valence-electron chi connectivity index (χ0n) is 11.9. The van der Waals surface area contributed by atoms with Gasteiger partial charge in [-0.1, -0.05) is 23.7 Å². The maximum absolute atomic E-state index is 6.14. The van der Waals surface area contributed by atoms with Crippen molar-refractivity contribution in [3.05, 3.63) is 58.1 Å². The standard InChI is InChI=1S/C17H20ClNO/c1-12-9-16(10-13(2)17(12)18)20-8-4-6-14-5-3-7-15(19)11-14/h3,5,7,9-11H,4,6,8,19H2,1-2H3. The third-order valence-corrected chi connectivity index (χ3v) is 3.84. The van der Waals surface area contributed by atoms with Crippen LogP contribution in [0.1, 0.15) is 23.1 Å². The van der Waals surface area contributed by atoms with Crippen LogP contribution >= 0.6 is 11.6 Å². The lowest BCUT2D eigenvalue weighted by molar-refractivity contribution is 0.310. The van der Waals surface area contributed by atoms with Crippen molar-refractivity contribution in [2.75, 3.05) is 12.3 Å². The Balaban J connectivity index is 1.84. The summed E-state index contributed by atoms with van der Waals surface area (Å²) < 4.78 is 5.78. The quantitative estimate of drug-likeness (QED) is 0.647.